The van der Waals surface area contributed by atoms with Gasteiger partial charge in [-0.25, -0.2) is 0 Å². The van der Waals surface area contributed by atoms with Crippen molar-refractivity contribution in [1.82, 2.24) is 0 Å². The molecule has 0 saturated heterocycles. The summed E-state index contributed by atoms with van der Waals surface area (Å²) in [6, 6.07) is 10.2. The average Bonchev–Trinajstić information content (AvgIpc) is 2.71. The Hall–Kier alpha value is -2.62. The highest BCUT2D eigenvalue weighted by Gasteiger charge is 2.26. The van der Waals surface area contributed by atoms with Crippen LogP contribution in [0.3, 0.4) is 0 Å². The number of fused-ring (bicyclic) bond motifs is 3. The molecule has 118 valence electrons. The van der Waals surface area contributed by atoms with Crippen molar-refractivity contribution in [2.45, 2.75) is 33.6 Å². The number of hydrogen-bond donors (Lipinski definition) is 2. The third-order valence-corrected chi connectivity index (χ3v) is 4.30. The van der Waals surface area contributed by atoms with Gasteiger partial charge in [-0.1, -0.05) is 13.0 Å². The van der Waals surface area contributed by atoms with Crippen molar-refractivity contribution in [3.8, 4) is 11.1 Å². The second-order valence-electron chi connectivity index (χ2n) is 6.14. The van der Waals surface area contributed by atoms with E-state index in [9.17, 15) is 9.59 Å². The quantitative estimate of drug-likeness (QED) is 0.879. The standard InChI is InChI=1S/C19H20N2O2/c1-10-7-18-15-6-5-14(20-12(3)22)8-16(15)11(2)17(18)9-19(10)21-13(4)23/h5-9,11H,1-4H3,(H,20,22)(H,21,23). The maximum Gasteiger partial charge on any atom is 0.221 e. The molecule has 0 spiro atoms. The largest absolute Gasteiger partial charge is 0.326 e. The van der Waals surface area contributed by atoms with Crippen LogP contribution >= 0.6 is 0 Å². The second kappa shape index (κ2) is 5.54. The number of hydrogen-bond acceptors (Lipinski definition) is 2. The highest BCUT2D eigenvalue weighted by Crippen LogP contribution is 2.47. The summed E-state index contributed by atoms with van der Waals surface area (Å²) in [5.74, 6) is 0.0860. The van der Waals surface area contributed by atoms with E-state index in [2.05, 4.69) is 35.8 Å². The highest BCUT2D eigenvalue weighted by atomic mass is 16.2. The Labute approximate surface area is 135 Å². The Kier molecular flexibility index (Phi) is 3.68. The van der Waals surface area contributed by atoms with E-state index in [0.29, 0.717) is 0 Å². The summed E-state index contributed by atoms with van der Waals surface area (Å²) in [6.45, 7) is 7.17. The van der Waals surface area contributed by atoms with Gasteiger partial charge in [0.15, 0.2) is 0 Å². The molecule has 1 unspecified atom stereocenters. The lowest BCUT2D eigenvalue weighted by Crippen LogP contribution is -2.07. The summed E-state index contributed by atoms with van der Waals surface area (Å²) < 4.78 is 0. The molecule has 0 saturated carbocycles. The number of carbonyl (C=O) groups is 2. The van der Waals surface area contributed by atoms with Crippen molar-refractivity contribution in [3.05, 3.63) is 47.0 Å². The second-order valence-corrected chi connectivity index (χ2v) is 6.14. The molecule has 0 heterocycles. The van der Waals surface area contributed by atoms with E-state index < -0.39 is 0 Å². The zero-order valence-corrected chi connectivity index (χ0v) is 13.8. The van der Waals surface area contributed by atoms with E-state index in [1.807, 2.05) is 19.1 Å². The number of anilines is 2. The van der Waals surface area contributed by atoms with E-state index in [0.717, 1.165) is 16.9 Å². The zero-order chi connectivity index (χ0) is 16.7. The molecule has 1 aliphatic carbocycles. The molecule has 1 aliphatic rings. The van der Waals surface area contributed by atoms with E-state index in [1.165, 1.54) is 36.1 Å². The van der Waals surface area contributed by atoms with Gasteiger partial charge in [0.25, 0.3) is 0 Å². The molecule has 2 aromatic rings. The lowest BCUT2D eigenvalue weighted by molar-refractivity contribution is -0.115. The third-order valence-electron chi connectivity index (χ3n) is 4.30. The van der Waals surface area contributed by atoms with Crippen molar-refractivity contribution >= 4 is 23.2 Å². The minimum atomic E-state index is -0.0723. The molecule has 0 aromatic heterocycles. The molecule has 0 aliphatic heterocycles. The predicted octanol–water partition coefficient (Wildman–Crippen LogP) is 4.04. The maximum absolute atomic E-state index is 11.4. The summed E-state index contributed by atoms with van der Waals surface area (Å²) in [6.07, 6.45) is 0. The summed E-state index contributed by atoms with van der Waals surface area (Å²) in [5, 5.41) is 5.73. The first kappa shape index (κ1) is 15.3. The smallest absolute Gasteiger partial charge is 0.221 e. The number of nitrogens with one attached hydrogen (secondary N) is 2. The number of carbonyl (C=O) groups excluding carboxylic acids is 2. The van der Waals surface area contributed by atoms with Gasteiger partial charge >= 0.3 is 0 Å². The van der Waals surface area contributed by atoms with E-state index in [4.69, 9.17) is 0 Å². The van der Waals surface area contributed by atoms with Crippen LogP contribution in [0.4, 0.5) is 11.4 Å². The molecule has 0 bridgehead atoms. The number of amides is 2. The highest BCUT2D eigenvalue weighted by molar-refractivity contribution is 5.93. The Morgan fingerprint density at radius 1 is 0.913 bits per heavy atom. The van der Waals surface area contributed by atoms with Gasteiger partial charge in [0.05, 0.1) is 0 Å². The predicted molar refractivity (Wildman–Crippen MR) is 92.7 cm³/mol. The Balaban J connectivity index is 2.07. The lowest BCUT2D eigenvalue weighted by Gasteiger charge is -2.12. The first-order chi connectivity index (χ1) is 10.9. The Bertz CT molecular complexity index is 824. The van der Waals surface area contributed by atoms with Crippen LogP contribution in [0.15, 0.2) is 30.3 Å². The third kappa shape index (κ3) is 2.72. The van der Waals surface area contributed by atoms with Crippen LogP contribution in [0.5, 0.6) is 0 Å². The van der Waals surface area contributed by atoms with Crippen LogP contribution in [0.2, 0.25) is 0 Å². The zero-order valence-electron chi connectivity index (χ0n) is 13.8. The van der Waals surface area contributed by atoms with E-state index in [-0.39, 0.29) is 17.7 Å². The van der Waals surface area contributed by atoms with Gasteiger partial charge in [-0.15, -0.1) is 0 Å². The van der Waals surface area contributed by atoms with Gasteiger partial charge in [-0.2, -0.15) is 0 Å². The summed E-state index contributed by atoms with van der Waals surface area (Å²) in [7, 11) is 0. The molecular formula is C19H20N2O2. The maximum atomic E-state index is 11.4. The van der Waals surface area contributed by atoms with Crippen LogP contribution < -0.4 is 10.6 Å². The van der Waals surface area contributed by atoms with Crippen molar-refractivity contribution in [3.63, 3.8) is 0 Å². The minimum Gasteiger partial charge on any atom is -0.326 e. The molecule has 0 radical (unpaired) electrons. The fraction of sp³-hybridized carbons (Fsp3) is 0.263. The monoisotopic (exact) mass is 308 g/mol. The SMILES string of the molecule is CC(=O)Nc1ccc2c(c1)C(C)c1cc(NC(C)=O)c(C)cc1-2. The molecule has 3 rings (SSSR count). The summed E-state index contributed by atoms with van der Waals surface area (Å²) in [4.78, 5) is 22.6. The minimum absolute atomic E-state index is 0.0656. The van der Waals surface area contributed by atoms with Crippen molar-refractivity contribution in [2.24, 2.45) is 0 Å². The van der Waals surface area contributed by atoms with Crippen LogP contribution in [0.25, 0.3) is 11.1 Å². The van der Waals surface area contributed by atoms with Gasteiger partial charge in [-0.05, 0) is 59.0 Å². The first-order valence-corrected chi connectivity index (χ1v) is 7.71. The summed E-state index contributed by atoms with van der Waals surface area (Å²) in [5.41, 5.74) is 7.52. The van der Waals surface area contributed by atoms with Crippen LogP contribution in [0.1, 0.15) is 43.4 Å². The summed E-state index contributed by atoms with van der Waals surface area (Å²) >= 11 is 0. The first-order valence-electron chi connectivity index (χ1n) is 7.71. The van der Waals surface area contributed by atoms with Crippen LogP contribution in [0, 0.1) is 6.92 Å². The topological polar surface area (TPSA) is 58.2 Å². The molecule has 2 N–H and O–H groups in total. The molecule has 0 fully saturated rings. The molecule has 2 aromatic carbocycles. The fourth-order valence-electron chi connectivity index (χ4n) is 3.26. The average molecular weight is 308 g/mol. The molecule has 2 amide bonds. The van der Waals surface area contributed by atoms with Gasteiger partial charge < -0.3 is 10.6 Å². The van der Waals surface area contributed by atoms with Crippen molar-refractivity contribution < 1.29 is 9.59 Å². The normalized spacial score (nSPS) is 14.9. The number of aryl methyl sites for hydroxylation is 1. The van der Waals surface area contributed by atoms with Gasteiger partial charge in [0.2, 0.25) is 11.8 Å². The van der Waals surface area contributed by atoms with Gasteiger partial charge in [0.1, 0.15) is 0 Å². The molecule has 4 nitrogen and oxygen atoms in total. The van der Waals surface area contributed by atoms with E-state index >= 15 is 0 Å². The fourth-order valence-corrected chi connectivity index (χ4v) is 3.26. The lowest BCUT2D eigenvalue weighted by atomic mass is 9.97. The Morgan fingerprint density at radius 2 is 1.57 bits per heavy atom. The number of rotatable bonds is 2. The van der Waals surface area contributed by atoms with Gasteiger partial charge in [-0.3, -0.25) is 9.59 Å². The molecular weight excluding hydrogens is 288 g/mol. The van der Waals surface area contributed by atoms with Crippen molar-refractivity contribution in [2.75, 3.05) is 10.6 Å². The Morgan fingerprint density at radius 3 is 2.22 bits per heavy atom. The van der Waals surface area contributed by atoms with E-state index in [1.54, 1.807) is 0 Å². The number of benzene rings is 2. The van der Waals surface area contributed by atoms with Crippen LogP contribution in [-0.2, 0) is 9.59 Å². The molecule has 23 heavy (non-hydrogen) atoms. The van der Waals surface area contributed by atoms with Gasteiger partial charge in [0, 0.05) is 31.1 Å². The van der Waals surface area contributed by atoms with Crippen molar-refractivity contribution in [1.29, 1.82) is 0 Å². The molecule has 4 heteroatoms. The molecule has 1 atom stereocenters. The van der Waals surface area contributed by atoms with Crippen LogP contribution in [-0.4, -0.2) is 11.8 Å².